The van der Waals surface area contributed by atoms with E-state index < -0.39 is 6.04 Å². The number of halogens is 2. The first-order valence-electron chi connectivity index (χ1n) is 10.6. The van der Waals surface area contributed by atoms with Gasteiger partial charge in [-0.1, -0.05) is 58.9 Å². The number of hydrogen-bond donors (Lipinski definition) is 1. The Hall–Kier alpha value is -2.05. The zero-order valence-corrected chi connectivity index (χ0v) is 20.0. The van der Waals surface area contributed by atoms with Gasteiger partial charge >= 0.3 is 0 Å². The Bertz CT molecular complexity index is 867. The van der Waals surface area contributed by atoms with Crippen molar-refractivity contribution < 1.29 is 14.3 Å². The van der Waals surface area contributed by atoms with Crippen LogP contribution in [0.2, 0.25) is 5.02 Å². The van der Waals surface area contributed by atoms with E-state index in [9.17, 15) is 9.59 Å². The molecule has 2 aromatic carbocycles. The first kappa shape index (κ1) is 23.6. The Labute approximate surface area is 197 Å². The van der Waals surface area contributed by atoms with Gasteiger partial charge in [-0.3, -0.25) is 9.59 Å². The molecular formula is C24H28BrClN2O3. The molecule has 0 aliphatic heterocycles. The molecule has 0 aromatic heterocycles. The molecule has 0 heterocycles. The number of nitrogens with zero attached hydrogens (tertiary/aromatic N) is 1. The van der Waals surface area contributed by atoms with E-state index in [1.807, 2.05) is 24.3 Å². The molecule has 1 atom stereocenters. The molecule has 3 rings (SSSR count). The fraction of sp³-hybridized carbons (Fsp3) is 0.417. The van der Waals surface area contributed by atoms with E-state index in [0.717, 1.165) is 35.7 Å². The van der Waals surface area contributed by atoms with Crippen molar-refractivity contribution in [2.24, 2.45) is 0 Å². The van der Waals surface area contributed by atoms with Gasteiger partial charge in [0, 0.05) is 22.1 Å². The van der Waals surface area contributed by atoms with Crippen LogP contribution >= 0.6 is 27.5 Å². The molecule has 2 amide bonds. The number of rotatable bonds is 8. The third-order valence-electron chi connectivity index (χ3n) is 5.56. The average Bonchev–Trinajstić information content (AvgIpc) is 2.78. The van der Waals surface area contributed by atoms with Crippen LogP contribution in [0.1, 0.15) is 44.6 Å². The molecule has 1 aliphatic carbocycles. The monoisotopic (exact) mass is 506 g/mol. The van der Waals surface area contributed by atoms with Gasteiger partial charge in [0.1, 0.15) is 11.8 Å². The van der Waals surface area contributed by atoms with E-state index in [1.165, 1.54) is 6.42 Å². The molecule has 0 bridgehead atoms. The lowest BCUT2D eigenvalue weighted by atomic mass is 9.95. The Kier molecular flexibility index (Phi) is 8.79. The molecule has 7 heteroatoms. The van der Waals surface area contributed by atoms with E-state index in [2.05, 4.69) is 21.2 Å². The highest BCUT2D eigenvalue weighted by Gasteiger charge is 2.28. The number of nitrogens with one attached hydrogen (secondary N) is 1. The predicted octanol–water partition coefficient (Wildman–Crippen LogP) is 5.35. The molecular weight excluding hydrogens is 480 g/mol. The molecule has 31 heavy (non-hydrogen) atoms. The number of benzene rings is 2. The van der Waals surface area contributed by atoms with Gasteiger partial charge in [-0.05, 0) is 61.7 Å². The van der Waals surface area contributed by atoms with Gasteiger partial charge in [0.05, 0.1) is 0 Å². The maximum absolute atomic E-state index is 13.1. The number of carbonyl (C=O) groups is 2. The molecule has 5 nitrogen and oxygen atoms in total. The molecule has 166 valence electrons. The second kappa shape index (κ2) is 11.5. The SMILES string of the molecule is C[C@H](C(=O)NC1CCCCC1)N(Cc1ccc(Br)cc1)C(=O)COc1ccc(Cl)cc1. The molecule has 1 N–H and O–H groups in total. The number of hydrogen-bond acceptors (Lipinski definition) is 3. The van der Waals surface area contributed by atoms with Gasteiger partial charge in [0.2, 0.25) is 5.91 Å². The van der Waals surface area contributed by atoms with Gasteiger partial charge in [0.25, 0.3) is 5.91 Å². The maximum Gasteiger partial charge on any atom is 0.261 e. The lowest BCUT2D eigenvalue weighted by Gasteiger charge is -2.31. The predicted molar refractivity (Wildman–Crippen MR) is 126 cm³/mol. The van der Waals surface area contributed by atoms with Crippen molar-refractivity contribution in [3.8, 4) is 5.75 Å². The summed E-state index contributed by atoms with van der Waals surface area (Å²) in [4.78, 5) is 27.6. The summed E-state index contributed by atoms with van der Waals surface area (Å²) in [5, 5.41) is 3.73. The van der Waals surface area contributed by atoms with Crippen molar-refractivity contribution in [3.05, 3.63) is 63.6 Å². The Morgan fingerprint density at radius 1 is 1.10 bits per heavy atom. The van der Waals surface area contributed by atoms with Gasteiger partial charge in [-0.2, -0.15) is 0 Å². The fourth-order valence-electron chi connectivity index (χ4n) is 3.70. The second-order valence-corrected chi connectivity index (χ2v) is 9.26. The van der Waals surface area contributed by atoms with Gasteiger partial charge in [-0.15, -0.1) is 0 Å². The van der Waals surface area contributed by atoms with Crippen LogP contribution in [0.25, 0.3) is 0 Å². The molecule has 1 fully saturated rings. The van der Waals surface area contributed by atoms with Gasteiger partial charge < -0.3 is 15.0 Å². The van der Waals surface area contributed by atoms with Crippen LogP contribution in [-0.2, 0) is 16.1 Å². The minimum absolute atomic E-state index is 0.121. The summed E-state index contributed by atoms with van der Waals surface area (Å²) in [5.41, 5.74) is 0.945. The van der Waals surface area contributed by atoms with Crippen LogP contribution in [0, 0.1) is 0 Å². The number of carbonyl (C=O) groups excluding carboxylic acids is 2. The van der Waals surface area contributed by atoms with Crippen molar-refractivity contribution in [2.75, 3.05) is 6.61 Å². The number of ether oxygens (including phenoxy) is 1. The molecule has 2 aromatic rings. The topological polar surface area (TPSA) is 58.6 Å². The Balaban J connectivity index is 1.69. The van der Waals surface area contributed by atoms with Crippen molar-refractivity contribution in [1.82, 2.24) is 10.2 Å². The highest BCUT2D eigenvalue weighted by Crippen LogP contribution is 2.19. The van der Waals surface area contributed by atoms with Crippen molar-refractivity contribution >= 4 is 39.3 Å². The molecule has 1 aliphatic rings. The zero-order valence-electron chi connectivity index (χ0n) is 17.7. The summed E-state index contributed by atoms with van der Waals surface area (Å²) in [6, 6.07) is 14.2. The number of amides is 2. The average molecular weight is 508 g/mol. The molecule has 0 unspecified atom stereocenters. The normalized spacial score (nSPS) is 15.2. The summed E-state index contributed by atoms with van der Waals surface area (Å²) in [7, 11) is 0. The van der Waals surface area contributed by atoms with Crippen LogP contribution in [0.4, 0.5) is 0 Å². The van der Waals surface area contributed by atoms with Gasteiger partial charge in [0.15, 0.2) is 6.61 Å². The summed E-state index contributed by atoms with van der Waals surface area (Å²) >= 11 is 9.33. The molecule has 0 saturated heterocycles. The van der Waals surface area contributed by atoms with E-state index in [0.29, 0.717) is 17.3 Å². The van der Waals surface area contributed by atoms with Crippen LogP contribution in [0.15, 0.2) is 53.0 Å². The zero-order chi connectivity index (χ0) is 22.2. The standard InChI is InChI=1S/C24H28BrClN2O3/c1-17(24(30)27-21-5-3-2-4-6-21)28(15-18-7-9-19(25)10-8-18)23(29)16-31-22-13-11-20(26)12-14-22/h7-14,17,21H,2-6,15-16H2,1H3,(H,27,30)/t17-/m1/s1. The van der Waals surface area contributed by atoms with E-state index in [1.54, 1.807) is 36.1 Å². The van der Waals surface area contributed by atoms with Crippen molar-refractivity contribution in [1.29, 1.82) is 0 Å². The van der Waals surface area contributed by atoms with Crippen LogP contribution in [0.3, 0.4) is 0 Å². The summed E-state index contributed by atoms with van der Waals surface area (Å²) in [6.45, 7) is 1.95. The Morgan fingerprint density at radius 3 is 2.39 bits per heavy atom. The molecule has 1 saturated carbocycles. The summed E-state index contributed by atoms with van der Waals surface area (Å²) < 4.78 is 6.61. The summed E-state index contributed by atoms with van der Waals surface area (Å²) in [5.74, 6) is 0.189. The molecule has 0 radical (unpaired) electrons. The first-order chi connectivity index (χ1) is 14.9. The first-order valence-corrected chi connectivity index (χ1v) is 11.8. The second-order valence-electron chi connectivity index (χ2n) is 7.91. The minimum Gasteiger partial charge on any atom is -0.484 e. The van der Waals surface area contributed by atoms with Gasteiger partial charge in [-0.25, -0.2) is 0 Å². The highest BCUT2D eigenvalue weighted by atomic mass is 79.9. The third kappa shape index (κ3) is 7.25. The Morgan fingerprint density at radius 2 is 1.74 bits per heavy atom. The largest absolute Gasteiger partial charge is 0.484 e. The van der Waals surface area contributed by atoms with E-state index >= 15 is 0 Å². The maximum atomic E-state index is 13.1. The van der Waals surface area contributed by atoms with Crippen LogP contribution < -0.4 is 10.1 Å². The lowest BCUT2D eigenvalue weighted by molar-refractivity contribution is -0.142. The smallest absolute Gasteiger partial charge is 0.261 e. The van der Waals surface area contributed by atoms with Crippen molar-refractivity contribution in [3.63, 3.8) is 0 Å². The van der Waals surface area contributed by atoms with Crippen molar-refractivity contribution in [2.45, 2.75) is 57.7 Å². The fourth-order valence-corrected chi connectivity index (χ4v) is 4.09. The quantitative estimate of drug-likeness (QED) is 0.524. The van der Waals surface area contributed by atoms with E-state index in [-0.39, 0.29) is 24.5 Å². The minimum atomic E-state index is -0.605. The highest BCUT2D eigenvalue weighted by molar-refractivity contribution is 9.10. The van der Waals surface area contributed by atoms with E-state index in [4.69, 9.17) is 16.3 Å². The molecule has 0 spiro atoms. The third-order valence-corrected chi connectivity index (χ3v) is 6.34. The van der Waals surface area contributed by atoms with Crippen LogP contribution in [-0.4, -0.2) is 35.4 Å². The summed E-state index contributed by atoms with van der Waals surface area (Å²) in [6.07, 6.45) is 5.49. The van der Waals surface area contributed by atoms with Crippen LogP contribution in [0.5, 0.6) is 5.75 Å². The lowest BCUT2D eigenvalue weighted by Crippen LogP contribution is -2.51.